The van der Waals surface area contributed by atoms with Gasteiger partial charge in [0.05, 0.1) is 0 Å². The fraction of sp³-hybridized carbons (Fsp3) is 0.923. The monoisotopic (exact) mass is 242 g/mol. The van der Waals surface area contributed by atoms with Crippen molar-refractivity contribution >= 4 is 5.96 Å². The Bertz CT molecular complexity index is 221. The van der Waals surface area contributed by atoms with Crippen LogP contribution in [0.5, 0.6) is 0 Å². The number of hydrogen-bond acceptors (Lipinski definition) is 2. The van der Waals surface area contributed by atoms with Crippen LogP contribution >= 0.6 is 0 Å². The van der Waals surface area contributed by atoms with Crippen LogP contribution in [0.4, 0.5) is 0 Å². The highest BCUT2D eigenvalue weighted by molar-refractivity contribution is 5.79. The van der Waals surface area contributed by atoms with E-state index in [1.807, 2.05) is 0 Å². The molecule has 4 heteroatoms. The topological polar surface area (TPSA) is 62.4 Å². The molecule has 0 saturated heterocycles. The molecule has 0 amide bonds. The van der Waals surface area contributed by atoms with Crippen LogP contribution in [-0.2, 0) is 0 Å². The summed E-state index contributed by atoms with van der Waals surface area (Å²) < 4.78 is 0. The lowest BCUT2D eigenvalue weighted by atomic mass is 9.87. The second-order valence-electron chi connectivity index (χ2n) is 5.73. The van der Waals surface area contributed by atoms with E-state index in [-0.39, 0.29) is 5.41 Å². The number of nitrogens with one attached hydrogen (secondary N) is 2. The maximum atomic E-state index is 5.43. The molecule has 0 aliphatic heterocycles. The lowest BCUT2D eigenvalue weighted by Gasteiger charge is -2.23. The number of unbranched alkanes of at least 4 members (excludes halogenated alkanes) is 2. The van der Waals surface area contributed by atoms with E-state index < -0.39 is 0 Å². The first-order valence-corrected chi connectivity index (χ1v) is 6.69. The van der Waals surface area contributed by atoms with Crippen molar-refractivity contribution in [3.63, 3.8) is 0 Å². The number of guanidine groups is 1. The minimum Gasteiger partial charge on any atom is -0.353 e. The van der Waals surface area contributed by atoms with E-state index in [4.69, 9.17) is 5.84 Å². The number of rotatable bonds is 7. The van der Waals surface area contributed by atoms with Crippen molar-refractivity contribution in [1.82, 2.24) is 10.7 Å². The molecule has 4 nitrogen and oxygen atoms in total. The molecule has 0 aromatic rings. The molecule has 0 aromatic carbocycles. The molecule has 0 unspecified atom stereocenters. The van der Waals surface area contributed by atoms with Crippen molar-refractivity contribution in [3.05, 3.63) is 0 Å². The van der Waals surface area contributed by atoms with Gasteiger partial charge in [-0.25, -0.2) is 5.84 Å². The maximum absolute atomic E-state index is 5.43. The fourth-order valence-corrected chi connectivity index (χ4v) is 1.63. The minimum atomic E-state index is 0.246. The van der Waals surface area contributed by atoms with Crippen LogP contribution in [-0.4, -0.2) is 18.5 Å². The van der Waals surface area contributed by atoms with Crippen molar-refractivity contribution in [2.75, 3.05) is 6.54 Å². The quantitative estimate of drug-likeness (QED) is 0.211. The van der Waals surface area contributed by atoms with E-state index in [2.05, 4.69) is 50.4 Å². The van der Waals surface area contributed by atoms with E-state index in [1.165, 1.54) is 25.7 Å². The van der Waals surface area contributed by atoms with Crippen LogP contribution in [0.15, 0.2) is 4.99 Å². The Morgan fingerprint density at radius 2 is 1.94 bits per heavy atom. The Hall–Kier alpha value is -0.770. The molecule has 0 aliphatic carbocycles. The largest absolute Gasteiger partial charge is 0.353 e. The summed E-state index contributed by atoms with van der Waals surface area (Å²) in [7, 11) is 0. The summed E-state index contributed by atoms with van der Waals surface area (Å²) in [6, 6.07) is 0.341. The van der Waals surface area contributed by atoms with Crippen LogP contribution in [0.2, 0.25) is 0 Å². The van der Waals surface area contributed by atoms with Gasteiger partial charge in [0.25, 0.3) is 0 Å². The molecule has 0 fully saturated rings. The molecule has 0 rings (SSSR count). The fourth-order valence-electron chi connectivity index (χ4n) is 1.63. The number of aliphatic imine (C=N–C) groups is 1. The Balaban J connectivity index is 4.14. The first-order valence-electron chi connectivity index (χ1n) is 6.69. The Morgan fingerprint density at radius 3 is 2.41 bits per heavy atom. The van der Waals surface area contributed by atoms with Gasteiger partial charge in [-0.1, -0.05) is 40.0 Å². The standard InChI is InChI=1S/C13H30N4/c1-6-7-8-9-13(4,5)10-15-12(17-14)16-11(2)3/h11H,6-10,14H2,1-5H3,(H2,15,16,17). The van der Waals surface area contributed by atoms with Gasteiger partial charge in [0.15, 0.2) is 0 Å². The van der Waals surface area contributed by atoms with Crippen molar-refractivity contribution in [2.45, 2.75) is 66.3 Å². The third kappa shape index (κ3) is 8.98. The van der Waals surface area contributed by atoms with E-state index in [0.29, 0.717) is 12.0 Å². The van der Waals surface area contributed by atoms with Crippen molar-refractivity contribution in [1.29, 1.82) is 0 Å². The van der Waals surface area contributed by atoms with Gasteiger partial charge in [0.2, 0.25) is 5.96 Å². The summed E-state index contributed by atoms with van der Waals surface area (Å²) in [6.07, 6.45) is 5.06. The van der Waals surface area contributed by atoms with Crippen LogP contribution < -0.4 is 16.6 Å². The normalized spacial score (nSPS) is 13.0. The van der Waals surface area contributed by atoms with Gasteiger partial charge in [0, 0.05) is 12.6 Å². The summed E-state index contributed by atoms with van der Waals surface area (Å²) in [4.78, 5) is 4.50. The van der Waals surface area contributed by atoms with Gasteiger partial charge < -0.3 is 5.32 Å². The van der Waals surface area contributed by atoms with Crippen LogP contribution in [0.1, 0.15) is 60.3 Å². The molecule has 0 spiro atoms. The predicted octanol–water partition coefficient (Wildman–Crippen LogP) is 2.41. The molecule has 0 atom stereocenters. The summed E-state index contributed by atoms with van der Waals surface area (Å²) in [5.74, 6) is 6.11. The predicted molar refractivity (Wildman–Crippen MR) is 75.8 cm³/mol. The molecule has 102 valence electrons. The number of nitrogens with two attached hydrogens (primary N) is 1. The summed E-state index contributed by atoms with van der Waals surface area (Å²) >= 11 is 0. The molecule has 0 heterocycles. The highest BCUT2D eigenvalue weighted by atomic mass is 15.3. The van der Waals surface area contributed by atoms with Crippen LogP contribution in [0, 0.1) is 5.41 Å². The molecule has 0 saturated carbocycles. The molecule has 0 aliphatic rings. The zero-order valence-electron chi connectivity index (χ0n) is 12.1. The highest BCUT2D eigenvalue weighted by Crippen LogP contribution is 2.23. The van der Waals surface area contributed by atoms with E-state index in [0.717, 1.165) is 6.54 Å². The van der Waals surface area contributed by atoms with Crippen LogP contribution in [0.25, 0.3) is 0 Å². The van der Waals surface area contributed by atoms with Crippen molar-refractivity contribution in [2.24, 2.45) is 16.3 Å². The summed E-state index contributed by atoms with van der Waals surface area (Å²) in [6.45, 7) is 11.7. The number of nitrogens with zero attached hydrogens (tertiary/aromatic N) is 1. The van der Waals surface area contributed by atoms with E-state index in [1.54, 1.807) is 0 Å². The lowest BCUT2D eigenvalue weighted by Crippen LogP contribution is -2.45. The number of hydrogen-bond donors (Lipinski definition) is 3. The van der Waals surface area contributed by atoms with Gasteiger partial charge in [0.1, 0.15) is 0 Å². The van der Waals surface area contributed by atoms with Crippen LogP contribution in [0.3, 0.4) is 0 Å². The molecule has 0 aromatic heterocycles. The SMILES string of the molecule is CCCCCC(C)(C)CN=C(NN)NC(C)C. The second-order valence-corrected chi connectivity index (χ2v) is 5.73. The Labute approximate surface area is 106 Å². The zero-order valence-corrected chi connectivity index (χ0v) is 12.1. The third-order valence-electron chi connectivity index (χ3n) is 2.68. The summed E-state index contributed by atoms with van der Waals surface area (Å²) in [5.41, 5.74) is 2.86. The second kappa shape index (κ2) is 8.34. The molecular formula is C13H30N4. The lowest BCUT2D eigenvalue weighted by molar-refractivity contribution is 0.332. The molecule has 17 heavy (non-hydrogen) atoms. The molecule has 0 bridgehead atoms. The first-order chi connectivity index (χ1) is 7.91. The van der Waals surface area contributed by atoms with E-state index in [9.17, 15) is 0 Å². The first kappa shape index (κ1) is 16.2. The van der Waals surface area contributed by atoms with Crippen molar-refractivity contribution < 1.29 is 0 Å². The van der Waals surface area contributed by atoms with Gasteiger partial charge in [-0.3, -0.25) is 10.4 Å². The number of hydrazine groups is 1. The zero-order chi connectivity index (χ0) is 13.3. The highest BCUT2D eigenvalue weighted by Gasteiger charge is 2.17. The summed E-state index contributed by atoms with van der Waals surface area (Å²) in [5, 5.41) is 3.18. The Kier molecular flexibility index (Phi) is 7.96. The minimum absolute atomic E-state index is 0.246. The average molecular weight is 242 g/mol. The van der Waals surface area contributed by atoms with Gasteiger partial charge in [-0.15, -0.1) is 0 Å². The van der Waals surface area contributed by atoms with Gasteiger partial charge in [-0.05, 0) is 25.7 Å². The van der Waals surface area contributed by atoms with E-state index >= 15 is 0 Å². The molecular weight excluding hydrogens is 212 g/mol. The van der Waals surface area contributed by atoms with Crippen molar-refractivity contribution in [3.8, 4) is 0 Å². The smallest absolute Gasteiger partial charge is 0.205 e. The molecule has 0 radical (unpaired) electrons. The maximum Gasteiger partial charge on any atom is 0.205 e. The van der Waals surface area contributed by atoms with Gasteiger partial charge >= 0.3 is 0 Å². The average Bonchev–Trinajstić information content (AvgIpc) is 2.24. The van der Waals surface area contributed by atoms with Gasteiger partial charge in [-0.2, -0.15) is 0 Å². The third-order valence-corrected chi connectivity index (χ3v) is 2.68. The Morgan fingerprint density at radius 1 is 1.29 bits per heavy atom. The molecule has 4 N–H and O–H groups in total.